The van der Waals surface area contributed by atoms with Crippen molar-refractivity contribution in [3.63, 3.8) is 0 Å². The van der Waals surface area contributed by atoms with Crippen molar-refractivity contribution in [2.24, 2.45) is 0 Å². The molecule has 1 N–H and O–H groups in total. The number of rotatable bonds is 5. The predicted molar refractivity (Wildman–Crippen MR) is 123 cm³/mol. The summed E-state index contributed by atoms with van der Waals surface area (Å²) in [6.07, 6.45) is -6.77. The molecule has 1 aromatic heterocycles. The van der Waals surface area contributed by atoms with E-state index in [-0.39, 0.29) is 34.7 Å². The van der Waals surface area contributed by atoms with Gasteiger partial charge in [0.2, 0.25) is 0 Å². The average molecular weight is 567 g/mol. The van der Waals surface area contributed by atoms with Crippen LogP contribution >= 0.6 is 23.2 Å². The van der Waals surface area contributed by atoms with E-state index in [1.54, 1.807) is 0 Å². The number of nitrogens with zero attached hydrogens (tertiary/aromatic N) is 3. The summed E-state index contributed by atoms with van der Waals surface area (Å²) in [5, 5.41) is 5.63. The lowest BCUT2D eigenvalue weighted by Crippen LogP contribution is -2.32. The van der Waals surface area contributed by atoms with Crippen LogP contribution in [0.3, 0.4) is 0 Å². The lowest BCUT2D eigenvalue weighted by molar-refractivity contribution is -0.189. The van der Waals surface area contributed by atoms with Gasteiger partial charge in [-0.05, 0) is 31.5 Å². The summed E-state index contributed by atoms with van der Waals surface area (Å²) in [7, 11) is 0. The third kappa shape index (κ3) is 5.58. The molecule has 2 heterocycles. The van der Waals surface area contributed by atoms with Gasteiger partial charge in [0, 0.05) is 19.2 Å². The fourth-order valence-electron chi connectivity index (χ4n) is 3.49. The fourth-order valence-corrected chi connectivity index (χ4v) is 4.05. The number of aromatic nitrogens is 3. The number of amides is 1. The number of carbonyl (C=O) groups is 1. The van der Waals surface area contributed by atoms with Crippen LogP contribution in [0.5, 0.6) is 5.75 Å². The SMILES string of the molecule is C[C@H](Oc1cc(-n2nc3n(c2=O)CCCOC3)c(F)cc1C(=O)Nc1c(Cl)cc(F)cc1Cl)C(F)(F)F. The summed E-state index contributed by atoms with van der Waals surface area (Å²) < 4.78 is 80.7. The van der Waals surface area contributed by atoms with Crippen molar-refractivity contribution >= 4 is 34.8 Å². The molecule has 0 spiro atoms. The smallest absolute Gasteiger partial charge is 0.425 e. The van der Waals surface area contributed by atoms with E-state index in [0.717, 1.165) is 18.2 Å². The molecule has 3 aromatic rings. The summed E-state index contributed by atoms with van der Waals surface area (Å²) in [5.41, 5.74) is -2.24. The van der Waals surface area contributed by atoms with E-state index in [2.05, 4.69) is 10.4 Å². The maximum atomic E-state index is 15.2. The summed E-state index contributed by atoms with van der Waals surface area (Å²) in [6, 6.07) is 3.03. The molecule has 15 heteroatoms. The first-order chi connectivity index (χ1) is 17.4. The third-order valence-electron chi connectivity index (χ3n) is 5.37. The van der Waals surface area contributed by atoms with Crippen molar-refractivity contribution in [2.45, 2.75) is 38.8 Å². The number of halogens is 7. The van der Waals surface area contributed by atoms with Gasteiger partial charge in [0.1, 0.15) is 29.7 Å². The molecule has 1 amide bonds. The second-order valence-corrected chi connectivity index (χ2v) is 8.78. The molecule has 0 saturated carbocycles. The molecule has 0 fully saturated rings. The van der Waals surface area contributed by atoms with Gasteiger partial charge in [-0.15, -0.1) is 5.10 Å². The molecule has 1 atom stereocenters. The molecule has 0 saturated heterocycles. The molecule has 37 heavy (non-hydrogen) atoms. The van der Waals surface area contributed by atoms with E-state index < -0.39 is 52.5 Å². The molecule has 1 aliphatic rings. The molecule has 0 unspecified atom stereocenters. The Hall–Kier alpha value is -3.16. The molecule has 2 aromatic carbocycles. The minimum Gasteiger partial charge on any atom is -0.480 e. The highest BCUT2D eigenvalue weighted by atomic mass is 35.5. The Labute approximate surface area is 215 Å². The third-order valence-corrected chi connectivity index (χ3v) is 5.97. The Morgan fingerprint density at radius 3 is 2.51 bits per heavy atom. The number of alkyl halides is 3. The number of nitrogens with one attached hydrogen (secondary N) is 1. The zero-order chi connectivity index (χ0) is 27.1. The minimum absolute atomic E-state index is 0.0298. The van der Waals surface area contributed by atoms with Crippen molar-refractivity contribution in [1.29, 1.82) is 0 Å². The van der Waals surface area contributed by atoms with Crippen LogP contribution in [-0.4, -0.2) is 39.1 Å². The van der Waals surface area contributed by atoms with E-state index in [1.165, 1.54) is 4.57 Å². The largest absolute Gasteiger partial charge is 0.480 e. The molecular weight excluding hydrogens is 550 g/mol. The van der Waals surface area contributed by atoms with Gasteiger partial charge in [-0.25, -0.2) is 13.6 Å². The lowest BCUT2D eigenvalue weighted by atomic mass is 10.1. The van der Waals surface area contributed by atoms with Crippen LogP contribution in [0.25, 0.3) is 5.69 Å². The molecule has 0 radical (unpaired) electrons. The Morgan fingerprint density at radius 2 is 1.86 bits per heavy atom. The standard InChI is InChI=1S/C22H17Cl2F5N4O4/c1-10(22(27,28)29)37-17-8-16(33-21(35)32-3-2-4-36-9-18(32)31-33)15(26)7-12(17)20(34)30-19-13(23)5-11(25)6-14(19)24/h5-8,10H,2-4,9H2,1H3,(H,30,34)/t10-/m0/s1. The molecule has 8 nitrogen and oxygen atoms in total. The van der Waals surface area contributed by atoms with Gasteiger partial charge in [-0.2, -0.15) is 17.9 Å². The second kappa shape index (κ2) is 10.3. The maximum absolute atomic E-state index is 15.2. The van der Waals surface area contributed by atoms with Gasteiger partial charge < -0.3 is 14.8 Å². The van der Waals surface area contributed by atoms with Gasteiger partial charge in [-0.3, -0.25) is 9.36 Å². The maximum Gasteiger partial charge on any atom is 0.425 e. The Balaban J connectivity index is 1.80. The van der Waals surface area contributed by atoms with Gasteiger partial charge in [0.25, 0.3) is 5.91 Å². The zero-order valence-electron chi connectivity index (χ0n) is 18.8. The van der Waals surface area contributed by atoms with E-state index >= 15 is 4.39 Å². The molecule has 198 valence electrons. The first-order valence-electron chi connectivity index (χ1n) is 10.7. The minimum atomic E-state index is -4.84. The Morgan fingerprint density at radius 1 is 1.19 bits per heavy atom. The monoisotopic (exact) mass is 566 g/mol. The van der Waals surface area contributed by atoms with Gasteiger partial charge >= 0.3 is 11.9 Å². The van der Waals surface area contributed by atoms with Crippen LogP contribution in [0.2, 0.25) is 10.0 Å². The van der Waals surface area contributed by atoms with Crippen LogP contribution in [-0.2, 0) is 17.9 Å². The summed E-state index contributed by atoms with van der Waals surface area (Å²) >= 11 is 11.8. The van der Waals surface area contributed by atoms with Crippen LogP contribution in [0, 0.1) is 11.6 Å². The summed E-state index contributed by atoms with van der Waals surface area (Å²) in [4.78, 5) is 25.8. The zero-order valence-corrected chi connectivity index (χ0v) is 20.3. The fraction of sp³-hybridized carbons (Fsp3) is 0.318. The highest BCUT2D eigenvalue weighted by Gasteiger charge is 2.39. The van der Waals surface area contributed by atoms with Crippen LogP contribution in [0.1, 0.15) is 29.5 Å². The van der Waals surface area contributed by atoms with Crippen LogP contribution in [0.4, 0.5) is 27.6 Å². The number of anilines is 1. The van der Waals surface area contributed by atoms with Gasteiger partial charge in [0.15, 0.2) is 11.9 Å². The molecule has 0 aliphatic carbocycles. The highest BCUT2D eigenvalue weighted by molar-refractivity contribution is 6.40. The normalized spacial score (nSPS) is 14.6. The lowest BCUT2D eigenvalue weighted by Gasteiger charge is -2.20. The Bertz CT molecular complexity index is 1400. The Kier molecular flexibility index (Phi) is 7.49. The first kappa shape index (κ1) is 26.9. The van der Waals surface area contributed by atoms with Crippen molar-refractivity contribution in [3.05, 3.63) is 67.8 Å². The van der Waals surface area contributed by atoms with E-state index in [4.69, 9.17) is 32.7 Å². The molecule has 4 rings (SSSR count). The number of fused-ring (bicyclic) bond motifs is 1. The van der Waals surface area contributed by atoms with E-state index in [0.29, 0.717) is 30.7 Å². The van der Waals surface area contributed by atoms with Crippen LogP contribution in [0.15, 0.2) is 29.1 Å². The molecule has 0 bridgehead atoms. The van der Waals surface area contributed by atoms with Crippen molar-refractivity contribution in [2.75, 3.05) is 11.9 Å². The van der Waals surface area contributed by atoms with Gasteiger partial charge in [-0.1, -0.05) is 23.2 Å². The van der Waals surface area contributed by atoms with Crippen molar-refractivity contribution < 1.29 is 36.2 Å². The molecular formula is C22H17Cl2F5N4O4. The number of carbonyl (C=O) groups excluding carboxylic acids is 1. The average Bonchev–Trinajstić information content (AvgIpc) is 2.96. The van der Waals surface area contributed by atoms with Crippen molar-refractivity contribution in [3.8, 4) is 11.4 Å². The predicted octanol–water partition coefficient (Wildman–Crippen LogP) is 5.12. The number of ether oxygens (including phenoxy) is 2. The molecule has 1 aliphatic heterocycles. The topological polar surface area (TPSA) is 87.4 Å². The summed E-state index contributed by atoms with van der Waals surface area (Å²) in [6.45, 7) is 1.28. The first-order valence-corrected chi connectivity index (χ1v) is 11.4. The highest BCUT2D eigenvalue weighted by Crippen LogP contribution is 2.34. The number of hydrogen-bond donors (Lipinski definition) is 1. The van der Waals surface area contributed by atoms with E-state index in [1.807, 2.05) is 0 Å². The van der Waals surface area contributed by atoms with Crippen LogP contribution < -0.4 is 15.7 Å². The van der Waals surface area contributed by atoms with E-state index in [9.17, 15) is 27.2 Å². The number of benzene rings is 2. The van der Waals surface area contributed by atoms with Gasteiger partial charge in [0.05, 0.1) is 21.3 Å². The second-order valence-electron chi connectivity index (χ2n) is 7.97. The quantitative estimate of drug-likeness (QED) is 0.433. The summed E-state index contributed by atoms with van der Waals surface area (Å²) in [5.74, 6) is -3.65. The van der Waals surface area contributed by atoms with Crippen molar-refractivity contribution in [1.82, 2.24) is 14.3 Å². The number of hydrogen-bond acceptors (Lipinski definition) is 5.